The molecule has 2 heterocycles. The first-order chi connectivity index (χ1) is 12.4. The Morgan fingerprint density at radius 1 is 1.08 bits per heavy atom. The van der Waals surface area contributed by atoms with Gasteiger partial charge in [-0.3, -0.25) is 4.79 Å². The lowest BCUT2D eigenvalue weighted by atomic mass is 10.1. The second-order valence-electron chi connectivity index (χ2n) is 6.62. The quantitative estimate of drug-likeness (QED) is 0.893. The molecule has 1 aliphatic rings. The van der Waals surface area contributed by atoms with Crippen LogP contribution in [0.4, 0.5) is 5.82 Å². The van der Waals surface area contributed by atoms with Crippen LogP contribution in [0, 0.1) is 13.8 Å². The Balaban J connectivity index is 1.88. The number of aromatic nitrogens is 1. The van der Waals surface area contributed by atoms with E-state index < -0.39 is 10.0 Å². The van der Waals surface area contributed by atoms with E-state index in [4.69, 9.17) is 0 Å². The van der Waals surface area contributed by atoms with E-state index in [1.807, 2.05) is 13.0 Å². The van der Waals surface area contributed by atoms with Crippen molar-refractivity contribution in [3.05, 3.63) is 53.2 Å². The molecule has 0 saturated carbocycles. The lowest BCUT2D eigenvalue weighted by molar-refractivity contribution is 0.102. The van der Waals surface area contributed by atoms with E-state index in [0.717, 1.165) is 24.8 Å². The molecule has 7 heteroatoms. The maximum Gasteiger partial charge on any atom is 0.256 e. The van der Waals surface area contributed by atoms with Crippen LogP contribution >= 0.6 is 0 Å². The molecule has 0 atom stereocenters. The molecule has 6 nitrogen and oxygen atoms in total. The number of carbonyl (C=O) groups is 1. The molecule has 26 heavy (non-hydrogen) atoms. The maximum atomic E-state index is 13.0. The summed E-state index contributed by atoms with van der Waals surface area (Å²) in [6.07, 6.45) is 4.41. The molecule has 138 valence electrons. The zero-order valence-electron chi connectivity index (χ0n) is 15.0. The number of nitrogens with one attached hydrogen (secondary N) is 1. The highest BCUT2D eigenvalue weighted by Crippen LogP contribution is 2.24. The van der Waals surface area contributed by atoms with E-state index in [2.05, 4.69) is 10.3 Å². The van der Waals surface area contributed by atoms with Gasteiger partial charge in [0.2, 0.25) is 10.0 Å². The number of aryl methyl sites for hydroxylation is 2. The van der Waals surface area contributed by atoms with Gasteiger partial charge in [0.25, 0.3) is 5.91 Å². The van der Waals surface area contributed by atoms with Gasteiger partial charge >= 0.3 is 0 Å². The van der Waals surface area contributed by atoms with Crippen LogP contribution in [0.2, 0.25) is 0 Å². The second-order valence-corrected chi connectivity index (χ2v) is 8.52. The number of hydrogen-bond acceptors (Lipinski definition) is 4. The van der Waals surface area contributed by atoms with Gasteiger partial charge in [-0.15, -0.1) is 0 Å². The fraction of sp³-hybridized carbons (Fsp3) is 0.368. The van der Waals surface area contributed by atoms with Crippen LogP contribution in [0.15, 0.2) is 41.4 Å². The molecule has 2 aromatic rings. The van der Waals surface area contributed by atoms with Crippen molar-refractivity contribution in [1.82, 2.24) is 9.29 Å². The summed E-state index contributed by atoms with van der Waals surface area (Å²) in [5.41, 5.74) is 1.92. The summed E-state index contributed by atoms with van der Waals surface area (Å²) >= 11 is 0. The van der Waals surface area contributed by atoms with Gasteiger partial charge in [0.05, 0.1) is 4.90 Å². The van der Waals surface area contributed by atoms with Gasteiger partial charge in [-0.25, -0.2) is 13.4 Å². The monoisotopic (exact) mass is 373 g/mol. The summed E-state index contributed by atoms with van der Waals surface area (Å²) < 4.78 is 27.5. The molecule has 1 aliphatic heterocycles. The van der Waals surface area contributed by atoms with Crippen molar-refractivity contribution < 1.29 is 13.2 Å². The van der Waals surface area contributed by atoms with E-state index in [1.165, 1.54) is 10.4 Å². The Hall–Kier alpha value is -2.25. The standard InChI is InChI=1S/C19H23N3O3S/c1-14-8-9-20-18(12-14)21-19(23)16-7-6-15(2)17(13-16)26(24,25)22-10-4-3-5-11-22/h6-9,12-13H,3-5,10-11H2,1-2H3,(H,20,21,23). The number of benzene rings is 1. The molecule has 0 radical (unpaired) electrons. The van der Waals surface area contributed by atoms with Crippen LogP contribution in [-0.2, 0) is 10.0 Å². The van der Waals surface area contributed by atoms with Crippen molar-refractivity contribution in [3.8, 4) is 0 Å². The van der Waals surface area contributed by atoms with Gasteiger partial charge in [-0.05, 0) is 62.1 Å². The summed E-state index contributed by atoms with van der Waals surface area (Å²) in [6, 6.07) is 8.37. The maximum absolute atomic E-state index is 13.0. The van der Waals surface area contributed by atoms with Crippen LogP contribution in [0.5, 0.6) is 0 Å². The molecule has 1 fully saturated rings. The fourth-order valence-electron chi connectivity index (χ4n) is 3.06. The predicted octanol–water partition coefficient (Wildman–Crippen LogP) is 3.13. The lowest BCUT2D eigenvalue weighted by Crippen LogP contribution is -2.36. The zero-order chi connectivity index (χ0) is 18.7. The van der Waals surface area contributed by atoms with Crippen LogP contribution in [0.1, 0.15) is 40.7 Å². The molecular weight excluding hydrogens is 350 g/mol. The molecule has 1 saturated heterocycles. The number of pyridine rings is 1. The average Bonchev–Trinajstić information content (AvgIpc) is 2.62. The lowest BCUT2D eigenvalue weighted by Gasteiger charge is -2.26. The van der Waals surface area contributed by atoms with Crippen LogP contribution in [0.25, 0.3) is 0 Å². The molecule has 1 amide bonds. The normalized spacial score (nSPS) is 15.6. The van der Waals surface area contributed by atoms with Gasteiger partial charge in [0.15, 0.2) is 0 Å². The molecule has 1 N–H and O–H groups in total. The third-order valence-electron chi connectivity index (χ3n) is 4.54. The minimum absolute atomic E-state index is 0.198. The Bertz CT molecular complexity index is 919. The SMILES string of the molecule is Cc1ccnc(NC(=O)c2ccc(C)c(S(=O)(=O)N3CCCCC3)c2)c1. The Labute approximate surface area is 154 Å². The summed E-state index contributed by atoms with van der Waals surface area (Å²) in [7, 11) is -3.59. The van der Waals surface area contributed by atoms with Gasteiger partial charge < -0.3 is 5.32 Å². The summed E-state index contributed by atoms with van der Waals surface area (Å²) in [5.74, 6) is 0.0641. The number of hydrogen-bond donors (Lipinski definition) is 1. The summed E-state index contributed by atoms with van der Waals surface area (Å²) in [6.45, 7) is 4.73. The number of nitrogens with zero attached hydrogens (tertiary/aromatic N) is 2. The van der Waals surface area contributed by atoms with Crippen molar-refractivity contribution in [2.24, 2.45) is 0 Å². The summed E-state index contributed by atoms with van der Waals surface area (Å²) in [4.78, 5) is 16.8. The van der Waals surface area contributed by atoms with E-state index in [0.29, 0.717) is 30.0 Å². The van der Waals surface area contributed by atoms with Gasteiger partial charge in [0, 0.05) is 24.8 Å². The van der Waals surface area contributed by atoms with E-state index in [9.17, 15) is 13.2 Å². The largest absolute Gasteiger partial charge is 0.307 e. The highest BCUT2D eigenvalue weighted by atomic mass is 32.2. The molecule has 1 aromatic heterocycles. The van der Waals surface area contributed by atoms with Crippen LogP contribution < -0.4 is 5.32 Å². The molecular formula is C19H23N3O3S. The third kappa shape index (κ3) is 3.94. The van der Waals surface area contributed by atoms with Crippen molar-refractivity contribution >= 4 is 21.7 Å². The van der Waals surface area contributed by atoms with Crippen LogP contribution in [-0.4, -0.2) is 36.7 Å². The Kier molecular flexibility index (Phi) is 5.38. The predicted molar refractivity (Wildman–Crippen MR) is 101 cm³/mol. The topological polar surface area (TPSA) is 79.4 Å². The smallest absolute Gasteiger partial charge is 0.256 e. The van der Waals surface area contributed by atoms with Crippen molar-refractivity contribution in [2.45, 2.75) is 38.0 Å². The number of amides is 1. The minimum atomic E-state index is -3.59. The first kappa shape index (κ1) is 18.5. The molecule has 0 spiro atoms. The molecule has 0 aliphatic carbocycles. The Morgan fingerprint density at radius 3 is 2.50 bits per heavy atom. The second kappa shape index (κ2) is 7.55. The number of sulfonamides is 1. The summed E-state index contributed by atoms with van der Waals surface area (Å²) in [5, 5.41) is 2.72. The molecule has 0 unspecified atom stereocenters. The average molecular weight is 373 g/mol. The van der Waals surface area contributed by atoms with Gasteiger partial charge in [0.1, 0.15) is 5.82 Å². The van der Waals surface area contributed by atoms with Crippen molar-refractivity contribution in [1.29, 1.82) is 0 Å². The molecule has 0 bridgehead atoms. The molecule has 3 rings (SSSR count). The Morgan fingerprint density at radius 2 is 1.81 bits per heavy atom. The van der Waals surface area contributed by atoms with Crippen LogP contribution in [0.3, 0.4) is 0 Å². The number of anilines is 1. The number of carbonyl (C=O) groups excluding carboxylic acids is 1. The fourth-order valence-corrected chi connectivity index (χ4v) is 4.82. The van der Waals surface area contributed by atoms with Crippen molar-refractivity contribution in [3.63, 3.8) is 0 Å². The zero-order valence-corrected chi connectivity index (χ0v) is 15.8. The highest BCUT2D eigenvalue weighted by Gasteiger charge is 2.28. The van der Waals surface area contributed by atoms with E-state index in [-0.39, 0.29) is 10.8 Å². The van der Waals surface area contributed by atoms with E-state index >= 15 is 0 Å². The first-order valence-corrected chi connectivity index (χ1v) is 10.2. The first-order valence-electron chi connectivity index (χ1n) is 8.73. The van der Waals surface area contributed by atoms with Gasteiger partial charge in [-0.2, -0.15) is 4.31 Å². The number of rotatable bonds is 4. The van der Waals surface area contributed by atoms with Crippen molar-refractivity contribution in [2.75, 3.05) is 18.4 Å². The number of piperidine rings is 1. The minimum Gasteiger partial charge on any atom is -0.307 e. The van der Waals surface area contributed by atoms with Gasteiger partial charge in [-0.1, -0.05) is 12.5 Å². The third-order valence-corrected chi connectivity index (χ3v) is 6.58. The highest BCUT2D eigenvalue weighted by molar-refractivity contribution is 7.89. The van der Waals surface area contributed by atoms with E-state index in [1.54, 1.807) is 31.3 Å². The molecule has 1 aromatic carbocycles.